The first-order chi connectivity index (χ1) is 19.0. The summed E-state index contributed by atoms with van der Waals surface area (Å²) in [6.07, 6.45) is 2.96. The molecule has 3 aromatic carbocycles. The normalized spacial score (nSPS) is 12.0. The summed E-state index contributed by atoms with van der Waals surface area (Å²) < 4.78 is 26.8. The number of carbonyl (C=O) groups is 2. The molecule has 0 heterocycles. The molecule has 3 rings (SSSR count). The van der Waals surface area contributed by atoms with Crippen LogP contribution in [0.4, 0.5) is 5.69 Å². The van der Waals surface area contributed by atoms with Gasteiger partial charge in [0.1, 0.15) is 12.6 Å². The molecule has 0 aliphatic heterocycles. The molecule has 0 saturated heterocycles. The Hall–Kier alpha value is -3.07. The molecule has 0 aromatic heterocycles. The third-order valence-electron chi connectivity index (χ3n) is 6.58. The number of aryl methyl sites for hydroxylation is 1. The third kappa shape index (κ3) is 8.46. The molecule has 214 valence electrons. The summed E-state index contributed by atoms with van der Waals surface area (Å²) in [6, 6.07) is 20.7. The second-order valence-corrected chi connectivity index (χ2v) is 12.3. The average molecular weight is 605 g/mol. The maximum Gasteiger partial charge on any atom is 0.244 e. The average Bonchev–Trinajstić information content (AvgIpc) is 2.92. The number of sulfonamides is 1. The van der Waals surface area contributed by atoms with Crippen LogP contribution in [-0.4, -0.2) is 50.5 Å². The molecule has 0 spiro atoms. The van der Waals surface area contributed by atoms with E-state index in [9.17, 15) is 18.0 Å². The Balaban J connectivity index is 2.07. The van der Waals surface area contributed by atoms with Crippen molar-refractivity contribution in [2.24, 2.45) is 0 Å². The Morgan fingerprint density at radius 2 is 1.62 bits per heavy atom. The van der Waals surface area contributed by atoms with E-state index in [2.05, 4.69) is 5.32 Å². The number of halogens is 2. The minimum Gasteiger partial charge on any atom is -0.354 e. The second-order valence-electron chi connectivity index (χ2n) is 9.64. The van der Waals surface area contributed by atoms with Crippen molar-refractivity contribution in [1.82, 2.24) is 10.2 Å². The van der Waals surface area contributed by atoms with Crippen molar-refractivity contribution in [3.8, 4) is 0 Å². The van der Waals surface area contributed by atoms with Crippen LogP contribution in [0.3, 0.4) is 0 Å². The van der Waals surface area contributed by atoms with Gasteiger partial charge in [0.2, 0.25) is 21.8 Å². The fourth-order valence-corrected chi connectivity index (χ4v) is 5.61. The summed E-state index contributed by atoms with van der Waals surface area (Å²) in [5.41, 5.74) is 2.76. The van der Waals surface area contributed by atoms with Crippen LogP contribution in [0.1, 0.15) is 36.5 Å². The van der Waals surface area contributed by atoms with E-state index in [4.69, 9.17) is 23.2 Å². The smallest absolute Gasteiger partial charge is 0.244 e. The minimum atomic E-state index is -3.95. The zero-order chi connectivity index (χ0) is 29.3. The molecule has 40 heavy (non-hydrogen) atoms. The van der Waals surface area contributed by atoms with Crippen LogP contribution in [0.15, 0.2) is 72.8 Å². The van der Waals surface area contributed by atoms with E-state index in [1.54, 1.807) is 6.07 Å². The van der Waals surface area contributed by atoms with Gasteiger partial charge in [-0.15, -0.1) is 0 Å². The van der Waals surface area contributed by atoms with Crippen LogP contribution in [-0.2, 0) is 32.6 Å². The first-order valence-electron chi connectivity index (χ1n) is 13.1. The van der Waals surface area contributed by atoms with Gasteiger partial charge in [0.25, 0.3) is 0 Å². The van der Waals surface area contributed by atoms with Crippen molar-refractivity contribution in [3.63, 3.8) is 0 Å². The lowest BCUT2D eigenvalue weighted by atomic mass is 10.0. The van der Waals surface area contributed by atoms with E-state index in [-0.39, 0.29) is 34.6 Å². The lowest BCUT2D eigenvalue weighted by Gasteiger charge is -2.34. The summed E-state index contributed by atoms with van der Waals surface area (Å²) in [5, 5.41) is 3.15. The van der Waals surface area contributed by atoms with Crippen LogP contribution in [0.2, 0.25) is 10.0 Å². The van der Waals surface area contributed by atoms with Gasteiger partial charge in [-0.2, -0.15) is 0 Å². The quantitative estimate of drug-likeness (QED) is 0.257. The standard InChI is InChI=1S/C30H35Cl2N3O4S/c1-4-5-18-33-30(37)27(19-23-13-7-6-8-14-23)34(20-24-15-10-9-12-22(24)2)28(36)21-35(40(3,38)39)26-17-11-16-25(31)29(26)32/h6-17,27H,4-5,18-21H2,1-3H3,(H,33,37). The SMILES string of the molecule is CCCCNC(=O)C(Cc1ccccc1)N(Cc1ccccc1C)C(=O)CN(c1cccc(Cl)c1Cl)S(C)(=O)=O. The maximum atomic E-state index is 14.1. The highest BCUT2D eigenvalue weighted by atomic mass is 35.5. The molecule has 10 heteroatoms. The molecule has 1 unspecified atom stereocenters. The lowest BCUT2D eigenvalue weighted by Crippen LogP contribution is -2.53. The fourth-order valence-electron chi connectivity index (χ4n) is 4.31. The largest absolute Gasteiger partial charge is 0.354 e. The Bertz CT molecular complexity index is 1420. The molecule has 0 aliphatic rings. The van der Waals surface area contributed by atoms with E-state index >= 15 is 0 Å². The molecule has 1 atom stereocenters. The van der Waals surface area contributed by atoms with Gasteiger partial charge in [0.15, 0.2) is 0 Å². The van der Waals surface area contributed by atoms with E-state index in [0.717, 1.165) is 40.1 Å². The van der Waals surface area contributed by atoms with Gasteiger partial charge in [-0.05, 0) is 42.2 Å². The molecule has 2 amide bonds. The molecular weight excluding hydrogens is 569 g/mol. The van der Waals surface area contributed by atoms with E-state index in [1.165, 1.54) is 17.0 Å². The zero-order valence-electron chi connectivity index (χ0n) is 22.9. The van der Waals surface area contributed by atoms with Crippen LogP contribution in [0, 0.1) is 6.92 Å². The van der Waals surface area contributed by atoms with Crippen molar-refractivity contribution < 1.29 is 18.0 Å². The third-order valence-corrected chi connectivity index (χ3v) is 8.52. The van der Waals surface area contributed by atoms with Crippen molar-refractivity contribution in [3.05, 3.63) is 99.5 Å². The number of nitrogens with one attached hydrogen (secondary N) is 1. The first-order valence-corrected chi connectivity index (χ1v) is 15.7. The number of rotatable bonds is 13. The van der Waals surface area contributed by atoms with Crippen molar-refractivity contribution in [2.45, 2.75) is 45.7 Å². The topological polar surface area (TPSA) is 86.8 Å². The minimum absolute atomic E-state index is 0.0194. The molecule has 0 bridgehead atoms. The first kappa shape index (κ1) is 31.5. The van der Waals surface area contributed by atoms with Crippen LogP contribution in [0.5, 0.6) is 0 Å². The number of carbonyl (C=O) groups excluding carboxylic acids is 2. The van der Waals surface area contributed by atoms with Gasteiger partial charge in [-0.1, -0.05) is 97.2 Å². The fraction of sp³-hybridized carbons (Fsp3) is 0.333. The molecule has 0 saturated carbocycles. The van der Waals surface area contributed by atoms with Gasteiger partial charge in [0.05, 0.1) is 22.0 Å². The van der Waals surface area contributed by atoms with E-state index in [0.29, 0.717) is 6.54 Å². The summed E-state index contributed by atoms with van der Waals surface area (Å²) in [7, 11) is -3.95. The van der Waals surface area contributed by atoms with Crippen LogP contribution >= 0.6 is 23.2 Å². The lowest BCUT2D eigenvalue weighted by molar-refractivity contribution is -0.140. The highest BCUT2D eigenvalue weighted by Gasteiger charge is 2.33. The van der Waals surface area contributed by atoms with Gasteiger partial charge >= 0.3 is 0 Å². The molecule has 3 aromatic rings. The highest BCUT2D eigenvalue weighted by Crippen LogP contribution is 2.34. The second kappa shape index (κ2) is 14.5. The summed E-state index contributed by atoms with van der Waals surface area (Å²) >= 11 is 12.5. The molecule has 0 fully saturated rings. The van der Waals surface area contributed by atoms with Crippen molar-refractivity contribution in [1.29, 1.82) is 0 Å². The zero-order valence-corrected chi connectivity index (χ0v) is 25.3. The predicted molar refractivity (Wildman–Crippen MR) is 162 cm³/mol. The predicted octanol–water partition coefficient (Wildman–Crippen LogP) is 5.62. The van der Waals surface area contributed by atoms with Crippen LogP contribution in [0.25, 0.3) is 0 Å². The summed E-state index contributed by atoms with van der Waals surface area (Å²) in [5.74, 6) is -0.845. The van der Waals surface area contributed by atoms with Gasteiger partial charge in [0, 0.05) is 19.5 Å². The Morgan fingerprint density at radius 3 is 2.27 bits per heavy atom. The maximum absolute atomic E-state index is 14.1. The Labute approximate surface area is 247 Å². The molecule has 0 radical (unpaired) electrons. The van der Waals surface area contributed by atoms with Crippen molar-refractivity contribution >= 4 is 50.7 Å². The molecule has 1 N–H and O–H groups in total. The Morgan fingerprint density at radius 1 is 0.950 bits per heavy atom. The molecule has 0 aliphatic carbocycles. The number of hydrogen-bond acceptors (Lipinski definition) is 4. The van der Waals surface area contributed by atoms with Gasteiger partial charge in [-0.3, -0.25) is 13.9 Å². The highest BCUT2D eigenvalue weighted by molar-refractivity contribution is 7.92. The van der Waals surface area contributed by atoms with E-state index < -0.39 is 28.5 Å². The summed E-state index contributed by atoms with van der Waals surface area (Å²) in [6.45, 7) is 3.99. The number of unbranched alkanes of at least 4 members (excludes halogenated alkanes) is 1. The van der Waals surface area contributed by atoms with Crippen molar-refractivity contribution in [2.75, 3.05) is 23.7 Å². The van der Waals surface area contributed by atoms with E-state index in [1.807, 2.05) is 68.4 Å². The molecule has 7 nitrogen and oxygen atoms in total. The number of nitrogens with zero attached hydrogens (tertiary/aromatic N) is 2. The number of amides is 2. The molecular formula is C30H35Cl2N3O4S. The number of benzene rings is 3. The monoisotopic (exact) mass is 603 g/mol. The summed E-state index contributed by atoms with van der Waals surface area (Å²) in [4.78, 5) is 29.2. The van der Waals surface area contributed by atoms with Crippen LogP contribution < -0.4 is 9.62 Å². The van der Waals surface area contributed by atoms with Gasteiger partial charge < -0.3 is 10.2 Å². The number of hydrogen-bond donors (Lipinski definition) is 1. The van der Waals surface area contributed by atoms with Gasteiger partial charge in [-0.25, -0.2) is 8.42 Å². The Kier molecular flexibility index (Phi) is 11.4. The number of anilines is 1.